The maximum Gasteiger partial charge on any atom is 0.401 e. The zero-order valence-corrected chi connectivity index (χ0v) is 18.8. The van der Waals surface area contributed by atoms with Crippen molar-refractivity contribution in [2.75, 3.05) is 5.32 Å². The first-order chi connectivity index (χ1) is 16.3. The summed E-state index contributed by atoms with van der Waals surface area (Å²) in [5.74, 6) is 2.04. The van der Waals surface area contributed by atoms with E-state index in [-0.39, 0.29) is 18.7 Å². The average Bonchev–Trinajstić information content (AvgIpc) is 3.20. The SMILES string of the molecule is Cc1cnc(Nc2ccnn2C)cc1-c1cc2n(c1)CCCn1c-2nnc1C1(C(F)(F)F)CC1. The number of alkyl halides is 3. The molecule has 2 aliphatic rings. The highest BCUT2D eigenvalue weighted by Gasteiger charge is 2.67. The van der Waals surface area contributed by atoms with Gasteiger partial charge < -0.3 is 14.5 Å². The van der Waals surface area contributed by atoms with Crippen molar-refractivity contribution < 1.29 is 13.2 Å². The van der Waals surface area contributed by atoms with Crippen molar-refractivity contribution in [3.05, 3.63) is 48.2 Å². The third kappa shape index (κ3) is 3.13. The predicted octanol–water partition coefficient (Wildman–Crippen LogP) is 4.59. The van der Waals surface area contributed by atoms with E-state index in [1.54, 1.807) is 21.6 Å². The second-order valence-corrected chi connectivity index (χ2v) is 9.09. The van der Waals surface area contributed by atoms with Crippen LogP contribution < -0.4 is 5.32 Å². The molecular formula is C23H23F3N8. The second kappa shape index (κ2) is 7.18. The molecule has 1 saturated carbocycles. The van der Waals surface area contributed by atoms with Crippen LogP contribution in [0, 0.1) is 6.92 Å². The summed E-state index contributed by atoms with van der Waals surface area (Å²) in [5, 5.41) is 15.7. The quantitative estimate of drug-likeness (QED) is 0.474. The molecule has 1 N–H and O–H groups in total. The van der Waals surface area contributed by atoms with Gasteiger partial charge in [0, 0.05) is 44.2 Å². The Balaban J connectivity index is 1.39. The van der Waals surface area contributed by atoms with Crippen LogP contribution in [-0.2, 0) is 25.6 Å². The Bertz CT molecular complexity index is 1390. The van der Waals surface area contributed by atoms with Gasteiger partial charge in [-0.3, -0.25) is 4.68 Å². The molecule has 34 heavy (non-hydrogen) atoms. The number of fused-ring (bicyclic) bond motifs is 3. The van der Waals surface area contributed by atoms with Crippen molar-refractivity contribution in [1.29, 1.82) is 0 Å². The number of aromatic nitrogens is 7. The molecule has 0 aromatic carbocycles. The molecule has 176 valence electrons. The van der Waals surface area contributed by atoms with Crippen molar-refractivity contribution in [3.63, 3.8) is 0 Å². The van der Waals surface area contributed by atoms with Gasteiger partial charge in [-0.25, -0.2) is 4.98 Å². The summed E-state index contributed by atoms with van der Waals surface area (Å²) >= 11 is 0. The summed E-state index contributed by atoms with van der Waals surface area (Å²) in [4.78, 5) is 4.48. The first kappa shape index (κ1) is 20.9. The molecule has 0 bridgehead atoms. The molecule has 5 heterocycles. The van der Waals surface area contributed by atoms with Gasteiger partial charge in [0.1, 0.15) is 22.9 Å². The largest absolute Gasteiger partial charge is 0.401 e. The molecule has 1 aliphatic heterocycles. The minimum absolute atomic E-state index is 0.0500. The van der Waals surface area contributed by atoms with E-state index in [0.29, 0.717) is 31.2 Å². The molecule has 0 amide bonds. The highest BCUT2D eigenvalue weighted by molar-refractivity contribution is 5.74. The second-order valence-electron chi connectivity index (χ2n) is 9.09. The fourth-order valence-corrected chi connectivity index (χ4v) is 4.78. The van der Waals surface area contributed by atoms with Crippen LogP contribution in [0.15, 0.2) is 36.8 Å². The third-order valence-corrected chi connectivity index (χ3v) is 6.87. The van der Waals surface area contributed by atoms with Gasteiger partial charge in [-0.2, -0.15) is 18.3 Å². The number of hydrogen-bond acceptors (Lipinski definition) is 5. The summed E-state index contributed by atoms with van der Waals surface area (Å²) < 4.78 is 46.8. The van der Waals surface area contributed by atoms with Gasteiger partial charge in [0.15, 0.2) is 5.82 Å². The van der Waals surface area contributed by atoms with E-state index in [2.05, 4.69) is 30.2 Å². The van der Waals surface area contributed by atoms with Crippen LogP contribution in [0.4, 0.5) is 24.8 Å². The van der Waals surface area contributed by atoms with Crippen LogP contribution in [0.2, 0.25) is 0 Å². The lowest BCUT2D eigenvalue weighted by molar-refractivity contribution is -0.163. The van der Waals surface area contributed by atoms with Crippen LogP contribution in [0.5, 0.6) is 0 Å². The minimum Gasteiger partial charge on any atom is -0.344 e. The van der Waals surface area contributed by atoms with E-state index >= 15 is 0 Å². The van der Waals surface area contributed by atoms with Crippen molar-refractivity contribution in [3.8, 4) is 22.6 Å². The normalized spacial score (nSPS) is 16.6. The first-order valence-electron chi connectivity index (χ1n) is 11.2. The lowest BCUT2D eigenvalue weighted by Gasteiger charge is -2.19. The molecule has 0 radical (unpaired) electrons. The zero-order valence-electron chi connectivity index (χ0n) is 18.8. The number of halogens is 3. The van der Waals surface area contributed by atoms with E-state index in [1.165, 1.54) is 0 Å². The monoisotopic (exact) mass is 468 g/mol. The standard InChI is InChI=1S/C23H23F3N8/c1-14-12-27-18(29-19-4-7-28-32(19)2)11-16(14)15-10-17-20-30-31-21(22(5-6-22)23(24,25)26)34(20)9-3-8-33(17)13-15/h4,7,10-13H,3,5-6,8-9H2,1-2H3,(H,27,29). The summed E-state index contributed by atoms with van der Waals surface area (Å²) in [6, 6.07) is 5.81. The highest BCUT2D eigenvalue weighted by atomic mass is 19.4. The number of aryl methyl sites for hydroxylation is 3. The maximum absolute atomic E-state index is 13.8. The molecule has 0 spiro atoms. The average molecular weight is 468 g/mol. The zero-order chi connectivity index (χ0) is 23.7. The Hall–Kier alpha value is -3.63. The Kier molecular flexibility index (Phi) is 4.42. The van der Waals surface area contributed by atoms with Crippen LogP contribution in [0.1, 0.15) is 30.7 Å². The first-order valence-corrected chi connectivity index (χ1v) is 11.2. The van der Waals surface area contributed by atoms with Gasteiger partial charge in [-0.15, -0.1) is 10.2 Å². The Morgan fingerprint density at radius 3 is 2.65 bits per heavy atom. The fourth-order valence-electron chi connectivity index (χ4n) is 4.78. The van der Waals surface area contributed by atoms with Crippen LogP contribution in [-0.4, -0.2) is 40.3 Å². The molecule has 0 atom stereocenters. The van der Waals surface area contributed by atoms with E-state index in [9.17, 15) is 13.2 Å². The molecule has 1 aliphatic carbocycles. The number of nitrogens with one attached hydrogen (secondary N) is 1. The van der Waals surface area contributed by atoms with Gasteiger partial charge >= 0.3 is 6.18 Å². The van der Waals surface area contributed by atoms with E-state index in [0.717, 1.165) is 28.2 Å². The molecule has 0 unspecified atom stereocenters. The van der Waals surface area contributed by atoms with Crippen LogP contribution >= 0.6 is 0 Å². The van der Waals surface area contributed by atoms with Gasteiger partial charge in [-0.05, 0) is 49.4 Å². The van der Waals surface area contributed by atoms with Gasteiger partial charge in [0.05, 0.1) is 11.9 Å². The van der Waals surface area contributed by atoms with E-state index in [4.69, 9.17) is 0 Å². The number of hydrogen-bond donors (Lipinski definition) is 1. The Labute approximate surface area is 193 Å². The molecule has 6 rings (SSSR count). The van der Waals surface area contributed by atoms with Crippen molar-refractivity contribution >= 4 is 11.6 Å². The predicted molar refractivity (Wildman–Crippen MR) is 119 cm³/mol. The van der Waals surface area contributed by atoms with E-state index in [1.807, 2.05) is 38.4 Å². The van der Waals surface area contributed by atoms with Gasteiger partial charge in [0.25, 0.3) is 0 Å². The minimum atomic E-state index is -4.32. The lowest BCUT2D eigenvalue weighted by Crippen LogP contribution is -2.32. The third-order valence-electron chi connectivity index (χ3n) is 6.87. The summed E-state index contributed by atoms with van der Waals surface area (Å²) in [5.41, 5.74) is 1.86. The Morgan fingerprint density at radius 2 is 1.94 bits per heavy atom. The number of anilines is 2. The molecular weight excluding hydrogens is 445 g/mol. The molecule has 4 aromatic heterocycles. The number of rotatable bonds is 4. The molecule has 0 saturated heterocycles. The number of pyridine rings is 1. The summed E-state index contributed by atoms with van der Waals surface area (Å²) in [7, 11) is 1.84. The van der Waals surface area contributed by atoms with Crippen molar-refractivity contribution in [2.45, 2.75) is 50.9 Å². The maximum atomic E-state index is 13.8. The lowest BCUT2D eigenvalue weighted by atomic mass is 10.0. The number of nitrogens with zero attached hydrogens (tertiary/aromatic N) is 7. The molecule has 1 fully saturated rings. The van der Waals surface area contributed by atoms with Crippen molar-refractivity contribution in [1.82, 2.24) is 34.1 Å². The Morgan fingerprint density at radius 1 is 1.12 bits per heavy atom. The molecule has 11 heteroatoms. The molecule has 8 nitrogen and oxygen atoms in total. The smallest absolute Gasteiger partial charge is 0.344 e. The summed E-state index contributed by atoms with van der Waals surface area (Å²) in [6.07, 6.45) is 2.08. The van der Waals surface area contributed by atoms with Gasteiger partial charge in [0.2, 0.25) is 0 Å². The molecule has 4 aromatic rings. The van der Waals surface area contributed by atoms with Crippen LogP contribution in [0.3, 0.4) is 0 Å². The highest BCUT2D eigenvalue weighted by Crippen LogP contribution is 2.58. The van der Waals surface area contributed by atoms with Crippen LogP contribution in [0.25, 0.3) is 22.6 Å². The van der Waals surface area contributed by atoms with Gasteiger partial charge in [-0.1, -0.05) is 0 Å². The topological polar surface area (TPSA) is 78.4 Å². The summed E-state index contributed by atoms with van der Waals surface area (Å²) in [6.45, 7) is 3.15. The fraction of sp³-hybridized carbons (Fsp3) is 0.391. The van der Waals surface area contributed by atoms with E-state index < -0.39 is 11.6 Å². The van der Waals surface area contributed by atoms with Crippen molar-refractivity contribution in [2.24, 2.45) is 7.05 Å².